The lowest BCUT2D eigenvalue weighted by molar-refractivity contribution is -0.107. The van der Waals surface area contributed by atoms with E-state index in [0.717, 1.165) is 10.5 Å². The van der Waals surface area contributed by atoms with Gasteiger partial charge in [-0.1, -0.05) is 5.92 Å². The van der Waals surface area contributed by atoms with Gasteiger partial charge in [-0.15, -0.1) is 6.42 Å². The van der Waals surface area contributed by atoms with Crippen molar-refractivity contribution in [3.05, 3.63) is 60.5 Å². The first-order chi connectivity index (χ1) is 16.3. The van der Waals surface area contributed by atoms with Crippen molar-refractivity contribution in [2.45, 2.75) is 11.3 Å². The summed E-state index contributed by atoms with van der Waals surface area (Å²) < 4.78 is 45.7. The molecule has 9 nitrogen and oxygen atoms in total. The average molecular weight is 484 g/mol. The van der Waals surface area contributed by atoms with E-state index in [0.29, 0.717) is 23.4 Å². The Kier molecular flexibility index (Phi) is 8.13. The maximum Gasteiger partial charge on any atom is 0.242 e. The molecule has 0 unspecified atom stereocenters. The first kappa shape index (κ1) is 24.6. The number of aldehydes is 1. The highest BCUT2D eigenvalue weighted by Gasteiger charge is 2.20. The van der Waals surface area contributed by atoms with Gasteiger partial charge >= 0.3 is 0 Å². The summed E-state index contributed by atoms with van der Waals surface area (Å²) in [5.74, 6) is 2.35. The van der Waals surface area contributed by atoms with E-state index in [4.69, 9.17) is 11.2 Å². The molecule has 0 spiro atoms. The van der Waals surface area contributed by atoms with Crippen molar-refractivity contribution in [1.82, 2.24) is 14.3 Å². The van der Waals surface area contributed by atoms with E-state index in [1.165, 1.54) is 31.3 Å². The van der Waals surface area contributed by atoms with Gasteiger partial charge in [0, 0.05) is 31.4 Å². The summed E-state index contributed by atoms with van der Waals surface area (Å²) >= 11 is 0. The number of aromatic nitrogens is 2. The van der Waals surface area contributed by atoms with Gasteiger partial charge in [0.1, 0.15) is 18.6 Å². The number of anilines is 4. The van der Waals surface area contributed by atoms with Crippen molar-refractivity contribution in [1.29, 1.82) is 0 Å². The maximum atomic E-state index is 14.2. The highest BCUT2D eigenvalue weighted by Crippen LogP contribution is 2.23. The zero-order valence-corrected chi connectivity index (χ0v) is 19.0. The van der Waals surface area contributed by atoms with Crippen molar-refractivity contribution in [2.75, 3.05) is 30.8 Å². The van der Waals surface area contributed by atoms with E-state index in [1.54, 1.807) is 24.3 Å². The third-order valence-corrected chi connectivity index (χ3v) is 6.43. The summed E-state index contributed by atoms with van der Waals surface area (Å²) in [4.78, 5) is 18.6. The van der Waals surface area contributed by atoms with Crippen molar-refractivity contribution < 1.29 is 22.3 Å². The summed E-state index contributed by atoms with van der Waals surface area (Å²) in [6.45, 7) is 0.234. The van der Waals surface area contributed by atoms with Crippen LogP contribution in [0.4, 0.5) is 27.5 Å². The fourth-order valence-corrected chi connectivity index (χ4v) is 3.97. The van der Waals surface area contributed by atoms with Gasteiger partial charge in [-0.3, -0.25) is 0 Å². The molecule has 0 aliphatic heterocycles. The maximum absolute atomic E-state index is 14.2. The van der Waals surface area contributed by atoms with Crippen LogP contribution in [-0.2, 0) is 14.8 Å². The molecule has 3 rings (SSSR count). The Bertz CT molecular complexity index is 1280. The van der Waals surface area contributed by atoms with Gasteiger partial charge in [-0.2, -0.15) is 4.98 Å². The zero-order valence-electron chi connectivity index (χ0n) is 18.2. The molecule has 34 heavy (non-hydrogen) atoms. The molecule has 0 saturated carbocycles. The number of terminal acetylenes is 1. The van der Waals surface area contributed by atoms with Crippen LogP contribution in [0.2, 0.25) is 0 Å². The second-order valence-corrected chi connectivity index (χ2v) is 9.01. The fourth-order valence-electron chi connectivity index (χ4n) is 2.79. The van der Waals surface area contributed by atoms with Crippen LogP contribution in [0.1, 0.15) is 6.42 Å². The number of benzene rings is 2. The molecule has 0 fully saturated rings. The number of hydrogen-bond donors (Lipinski definition) is 2. The van der Waals surface area contributed by atoms with Crippen LogP contribution in [-0.4, -0.2) is 49.2 Å². The van der Waals surface area contributed by atoms with Crippen molar-refractivity contribution in [3.63, 3.8) is 0 Å². The topological polar surface area (TPSA) is 114 Å². The first-order valence-electron chi connectivity index (χ1n) is 10.1. The number of carbonyl (C=O) groups excluding carboxylic acids is 1. The Morgan fingerprint density at radius 1 is 1.12 bits per heavy atom. The predicted molar refractivity (Wildman–Crippen MR) is 126 cm³/mol. The number of halogens is 1. The van der Waals surface area contributed by atoms with Crippen LogP contribution in [0.5, 0.6) is 5.75 Å². The zero-order chi connectivity index (χ0) is 24.6. The van der Waals surface area contributed by atoms with Crippen molar-refractivity contribution in [3.8, 4) is 18.1 Å². The van der Waals surface area contributed by atoms with Gasteiger partial charge in [0.05, 0.1) is 11.1 Å². The number of carbonyl (C=O) groups is 1. The molecular formula is C23H22FN5O4S. The highest BCUT2D eigenvalue weighted by atomic mass is 32.2. The third-order valence-electron chi connectivity index (χ3n) is 4.56. The second-order valence-electron chi connectivity index (χ2n) is 6.96. The molecule has 0 bridgehead atoms. The van der Waals surface area contributed by atoms with Gasteiger partial charge in [0.15, 0.2) is 11.6 Å². The molecule has 0 atom stereocenters. The number of nitrogens with one attached hydrogen (secondary N) is 2. The van der Waals surface area contributed by atoms with E-state index < -0.39 is 15.8 Å². The van der Waals surface area contributed by atoms with E-state index >= 15 is 0 Å². The Hall–Kier alpha value is -4.01. The normalized spacial score (nSPS) is 11.0. The van der Waals surface area contributed by atoms with Crippen molar-refractivity contribution >= 4 is 39.5 Å². The number of rotatable bonds is 11. The van der Waals surface area contributed by atoms with Gasteiger partial charge in [-0.05, 0) is 48.5 Å². The molecular weight excluding hydrogens is 461 g/mol. The Labute approximate surface area is 197 Å². The van der Waals surface area contributed by atoms with E-state index in [2.05, 4.69) is 26.5 Å². The number of ether oxygens (including phenoxy) is 1. The van der Waals surface area contributed by atoms with E-state index in [-0.39, 0.29) is 36.2 Å². The Morgan fingerprint density at radius 2 is 1.76 bits per heavy atom. The highest BCUT2D eigenvalue weighted by molar-refractivity contribution is 7.89. The lowest BCUT2D eigenvalue weighted by atomic mass is 10.3. The smallest absolute Gasteiger partial charge is 0.242 e. The van der Waals surface area contributed by atoms with Gasteiger partial charge < -0.3 is 20.2 Å². The summed E-state index contributed by atoms with van der Waals surface area (Å²) in [5.41, 5.74) is 1.08. The first-order valence-corrected chi connectivity index (χ1v) is 11.5. The Balaban J connectivity index is 1.70. The minimum Gasteiger partial charge on any atom is -0.481 e. The predicted octanol–water partition coefficient (Wildman–Crippen LogP) is 3.32. The summed E-state index contributed by atoms with van der Waals surface area (Å²) in [7, 11) is -2.31. The van der Waals surface area contributed by atoms with Crippen LogP contribution in [0.15, 0.2) is 59.6 Å². The van der Waals surface area contributed by atoms with Crippen LogP contribution < -0.4 is 15.4 Å². The molecule has 2 N–H and O–H groups in total. The van der Waals surface area contributed by atoms with E-state index in [1.807, 2.05) is 0 Å². The lowest BCUT2D eigenvalue weighted by Crippen LogP contribution is -2.28. The van der Waals surface area contributed by atoms with Gasteiger partial charge in [-0.25, -0.2) is 22.1 Å². The molecule has 0 aliphatic carbocycles. The van der Waals surface area contributed by atoms with Crippen LogP contribution in [0.25, 0.3) is 0 Å². The Morgan fingerprint density at radius 3 is 2.41 bits per heavy atom. The number of nitrogens with zero attached hydrogens (tertiary/aromatic N) is 3. The number of sulfonamides is 1. The largest absolute Gasteiger partial charge is 0.481 e. The monoisotopic (exact) mass is 483 g/mol. The summed E-state index contributed by atoms with van der Waals surface area (Å²) in [5, 5.41) is 5.78. The van der Waals surface area contributed by atoms with E-state index in [9.17, 15) is 17.6 Å². The van der Waals surface area contributed by atoms with Crippen LogP contribution in [0.3, 0.4) is 0 Å². The SMILES string of the molecule is C#CCOc1ccc(Nc2nc(Nc3ccc(S(=O)(=O)N(C)CCC=O)cc3)ncc2F)cc1. The molecule has 3 aromatic rings. The van der Waals surface area contributed by atoms with Crippen LogP contribution >= 0.6 is 0 Å². The van der Waals surface area contributed by atoms with Crippen LogP contribution in [0, 0.1) is 18.2 Å². The fraction of sp³-hybridized carbons (Fsp3) is 0.174. The quantitative estimate of drug-likeness (QED) is 0.315. The standard InChI is InChI=1S/C23H22FN5O4S/c1-3-15-33-19-9-5-17(6-10-19)26-22-21(24)16-25-23(28-22)27-18-7-11-20(12-8-18)34(31,32)29(2)13-4-14-30/h1,5-12,14,16H,4,13,15H2,2H3,(H2,25,26,27,28). The summed E-state index contributed by atoms with van der Waals surface area (Å²) in [6.07, 6.45) is 6.95. The molecule has 1 aromatic heterocycles. The molecule has 2 aromatic carbocycles. The average Bonchev–Trinajstić information content (AvgIpc) is 2.84. The number of hydrogen-bond acceptors (Lipinski definition) is 8. The second kappa shape index (κ2) is 11.2. The lowest BCUT2D eigenvalue weighted by Gasteiger charge is -2.16. The minimum atomic E-state index is -3.72. The summed E-state index contributed by atoms with van der Waals surface area (Å²) in [6, 6.07) is 12.7. The van der Waals surface area contributed by atoms with Gasteiger partial charge in [0.2, 0.25) is 16.0 Å². The molecule has 0 aliphatic rings. The molecule has 0 saturated heterocycles. The molecule has 176 valence electrons. The molecule has 0 radical (unpaired) electrons. The minimum absolute atomic E-state index is 0.0502. The molecule has 11 heteroatoms. The third kappa shape index (κ3) is 6.28. The van der Waals surface area contributed by atoms with Gasteiger partial charge in [0.25, 0.3) is 0 Å². The van der Waals surface area contributed by atoms with Crippen molar-refractivity contribution in [2.24, 2.45) is 0 Å². The molecule has 1 heterocycles. The molecule has 0 amide bonds.